The van der Waals surface area contributed by atoms with Crippen molar-refractivity contribution in [2.45, 2.75) is 19.3 Å². The molecule has 0 radical (unpaired) electrons. The van der Waals surface area contributed by atoms with Crippen LogP contribution in [-0.4, -0.2) is 9.97 Å². The van der Waals surface area contributed by atoms with Crippen molar-refractivity contribution in [2.24, 2.45) is 0 Å². The highest BCUT2D eigenvalue weighted by molar-refractivity contribution is 7.26. The predicted octanol–water partition coefficient (Wildman–Crippen LogP) is 14.6. The molecule has 8 aromatic carbocycles. The Morgan fingerprint density at radius 2 is 1.04 bits per heavy atom. The molecule has 0 amide bonds. The summed E-state index contributed by atoms with van der Waals surface area (Å²) in [5, 5.41) is 5.08. The Morgan fingerprint density at radius 1 is 0.411 bits per heavy atom. The summed E-state index contributed by atoms with van der Waals surface area (Å²) in [6, 6.07) is 66.0. The zero-order chi connectivity index (χ0) is 37.4. The second-order valence-corrected chi connectivity index (χ2v) is 16.4. The van der Waals surface area contributed by atoms with Gasteiger partial charge in [-0.25, -0.2) is 9.97 Å². The van der Waals surface area contributed by atoms with Crippen LogP contribution >= 0.6 is 11.3 Å². The molecule has 11 rings (SSSR count). The van der Waals surface area contributed by atoms with Gasteiger partial charge in [-0.1, -0.05) is 153 Å². The summed E-state index contributed by atoms with van der Waals surface area (Å²) in [6.45, 7) is 4.67. The van der Waals surface area contributed by atoms with Gasteiger partial charge in [0.1, 0.15) is 0 Å². The summed E-state index contributed by atoms with van der Waals surface area (Å²) in [5.41, 5.74) is 14.9. The molecule has 0 spiro atoms. The molecule has 2 nitrogen and oxygen atoms in total. The van der Waals surface area contributed by atoms with Crippen LogP contribution in [0.4, 0.5) is 0 Å². The fraction of sp³-hybridized carbons (Fsp3) is 0.0566. The van der Waals surface area contributed by atoms with Gasteiger partial charge in [0.15, 0.2) is 5.82 Å². The van der Waals surface area contributed by atoms with Crippen molar-refractivity contribution in [1.29, 1.82) is 0 Å². The largest absolute Gasteiger partial charge is 0.228 e. The van der Waals surface area contributed by atoms with E-state index in [1.165, 1.54) is 69.9 Å². The molecular formula is C53H36N2S. The van der Waals surface area contributed by atoms with E-state index in [0.717, 1.165) is 33.6 Å². The third kappa shape index (κ3) is 5.23. The van der Waals surface area contributed by atoms with Gasteiger partial charge in [0.25, 0.3) is 0 Å². The topological polar surface area (TPSA) is 25.8 Å². The van der Waals surface area contributed by atoms with Gasteiger partial charge in [-0.3, -0.25) is 0 Å². The van der Waals surface area contributed by atoms with Crippen LogP contribution in [0.1, 0.15) is 25.0 Å². The summed E-state index contributed by atoms with van der Waals surface area (Å²) in [6.07, 6.45) is 0. The second kappa shape index (κ2) is 12.7. The Bertz CT molecular complexity index is 3160. The zero-order valence-corrected chi connectivity index (χ0v) is 31.9. The molecule has 0 saturated heterocycles. The van der Waals surface area contributed by atoms with Gasteiger partial charge < -0.3 is 0 Å². The van der Waals surface area contributed by atoms with Crippen molar-refractivity contribution >= 4 is 42.3 Å². The molecule has 1 aliphatic rings. The minimum absolute atomic E-state index is 0.116. The van der Waals surface area contributed by atoms with Crippen molar-refractivity contribution < 1.29 is 0 Å². The van der Waals surface area contributed by atoms with Crippen LogP contribution in [0.3, 0.4) is 0 Å². The van der Waals surface area contributed by atoms with Crippen LogP contribution in [-0.2, 0) is 5.41 Å². The van der Waals surface area contributed by atoms with Gasteiger partial charge in [-0.2, -0.15) is 0 Å². The van der Waals surface area contributed by atoms with E-state index in [4.69, 9.17) is 9.97 Å². The molecule has 3 heteroatoms. The highest BCUT2D eigenvalue weighted by Gasteiger charge is 2.35. The summed E-state index contributed by atoms with van der Waals surface area (Å²) in [4.78, 5) is 10.6. The lowest BCUT2D eigenvalue weighted by molar-refractivity contribution is 0.660. The first kappa shape index (κ1) is 32.7. The standard InChI is InChI=1S/C53H36N2S/c1-53(2)45-23-13-11-21-41(45)42-26-25-36(31-46(42)53)47-32-48(55-52(54-47)34-17-7-4-8-18-34)38-27-37(33-15-5-3-6-16-33)28-39(29-38)50-40-20-10-9-19-35(40)30-44-43-22-12-14-24-49(43)56-51(44)50/h3-32H,1-2H3. The highest BCUT2D eigenvalue weighted by atomic mass is 32.1. The maximum atomic E-state index is 5.35. The smallest absolute Gasteiger partial charge is 0.160 e. The van der Waals surface area contributed by atoms with Crippen molar-refractivity contribution in [2.75, 3.05) is 0 Å². The summed E-state index contributed by atoms with van der Waals surface area (Å²) in [7, 11) is 0. The van der Waals surface area contributed by atoms with Crippen LogP contribution in [0.5, 0.6) is 0 Å². The lowest BCUT2D eigenvalue weighted by atomic mass is 9.82. The molecule has 0 unspecified atom stereocenters. The quantitative estimate of drug-likeness (QED) is 0.176. The van der Waals surface area contributed by atoms with E-state index in [1.54, 1.807) is 0 Å². The van der Waals surface area contributed by atoms with Gasteiger partial charge in [0, 0.05) is 47.8 Å². The van der Waals surface area contributed by atoms with Gasteiger partial charge in [0.2, 0.25) is 0 Å². The molecule has 0 aliphatic heterocycles. The Kier molecular flexibility index (Phi) is 7.42. The van der Waals surface area contributed by atoms with Gasteiger partial charge in [-0.05, 0) is 92.2 Å². The Labute approximate surface area is 330 Å². The number of fused-ring (bicyclic) bond motifs is 7. The van der Waals surface area contributed by atoms with E-state index >= 15 is 0 Å². The number of nitrogens with zero attached hydrogens (tertiary/aromatic N) is 2. The average Bonchev–Trinajstić information content (AvgIpc) is 3.74. The second-order valence-electron chi connectivity index (χ2n) is 15.4. The molecule has 56 heavy (non-hydrogen) atoms. The van der Waals surface area contributed by atoms with Crippen LogP contribution < -0.4 is 0 Å². The third-order valence-electron chi connectivity index (χ3n) is 11.7. The molecule has 10 aromatic rings. The highest BCUT2D eigenvalue weighted by Crippen LogP contribution is 2.50. The lowest BCUT2D eigenvalue weighted by Gasteiger charge is -2.22. The van der Waals surface area contributed by atoms with Crippen LogP contribution in [0.15, 0.2) is 182 Å². The van der Waals surface area contributed by atoms with Crippen molar-refractivity contribution in [3.8, 4) is 67.3 Å². The average molecular weight is 733 g/mol. The minimum atomic E-state index is -0.116. The van der Waals surface area contributed by atoms with Crippen molar-refractivity contribution in [3.05, 3.63) is 193 Å². The van der Waals surface area contributed by atoms with E-state index in [9.17, 15) is 0 Å². The first-order valence-electron chi connectivity index (χ1n) is 19.2. The number of thiophene rings is 1. The molecule has 264 valence electrons. The maximum Gasteiger partial charge on any atom is 0.160 e. The Balaban J connectivity index is 1.17. The zero-order valence-electron chi connectivity index (χ0n) is 31.1. The molecule has 0 N–H and O–H groups in total. The molecule has 1 aliphatic carbocycles. The molecule has 0 atom stereocenters. The fourth-order valence-electron chi connectivity index (χ4n) is 8.85. The van der Waals surface area contributed by atoms with E-state index in [-0.39, 0.29) is 5.41 Å². The Morgan fingerprint density at radius 3 is 1.86 bits per heavy atom. The first-order chi connectivity index (χ1) is 27.5. The van der Waals surface area contributed by atoms with Gasteiger partial charge in [-0.15, -0.1) is 11.3 Å². The van der Waals surface area contributed by atoms with Crippen LogP contribution in [0.25, 0.3) is 98.2 Å². The molecule has 0 bridgehead atoms. The number of hydrogen-bond acceptors (Lipinski definition) is 3. The minimum Gasteiger partial charge on any atom is -0.228 e. The Hall–Kier alpha value is -6.68. The van der Waals surface area contributed by atoms with Gasteiger partial charge in [0.05, 0.1) is 11.4 Å². The van der Waals surface area contributed by atoms with Crippen molar-refractivity contribution in [1.82, 2.24) is 9.97 Å². The third-order valence-corrected chi connectivity index (χ3v) is 12.9. The molecule has 2 aromatic heterocycles. The molecule has 0 fully saturated rings. The number of benzene rings is 8. The van der Waals surface area contributed by atoms with E-state index in [2.05, 4.69) is 190 Å². The SMILES string of the molecule is CC1(C)c2ccccc2-c2ccc(-c3cc(-c4cc(-c5ccccc5)cc(-c5c6ccccc6cc6c5sc5ccccc56)c4)nc(-c4ccccc4)n3)cc21. The van der Waals surface area contributed by atoms with Crippen LogP contribution in [0.2, 0.25) is 0 Å². The van der Waals surface area contributed by atoms with Crippen molar-refractivity contribution in [3.63, 3.8) is 0 Å². The molecular weight excluding hydrogens is 697 g/mol. The molecule has 0 saturated carbocycles. The van der Waals surface area contributed by atoms with E-state index < -0.39 is 0 Å². The van der Waals surface area contributed by atoms with E-state index in [0.29, 0.717) is 5.82 Å². The summed E-state index contributed by atoms with van der Waals surface area (Å²) >= 11 is 1.88. The lowest BCUT2D eigenvalue weighted by Crippen LogP contribution is -2.14. The number of aromatic nitrogens is 2. The summed E-state index contributed by atoms with van der Waals surface area (Å²) < 4.78 is 2.60. The maximum absolute atomic E-state index is 5.35. The van der Waals surface area contributed by atoms with E-state index in [1.807, 2.05) is 17.4 Å². The molecule has 2 heterocycles. The predicted molar refractivity (Wildman–Crippen MR) is 237 cm³/mol. The monoisotopic (exact) mass is 732 g/mol. The summed E-state index contributed by atoms with van der Waals surface area (Å²) in [5.74, 6) is 0.713. The first-order valence-corrected chi connectivity index (χ1v) is 20.0. The number of hydrogen-bond donors (Lipinski definition) is 0. The van der Waals surface area contributed by atoms with Gasteiger partial charge >= 0.3 is 0 Å². The van der Waals surface area contributed by atoms with Crippen LogP contribution in [0, 0.1) is 0 Å². The number of rotatable bonds is 5. The normalized spacial score (nSPS) is 13.0. The fourth-order valence-corrected chi connectivity index (χ4v) is 10.1.